The lowest BCUT2D eigenvalue weighted by Crippen LogP contribution is -2.45. The quantitative estimate of drug-likeness (QED) is 0.594. The fourth-order valence-corrected chi connectivity index (χ4v) is 2.78. The average molecular weight is 319 g/mol. The molecule has 0 radical (unpaired) electrons. The van der Waals surface area contributed by atoms with Gasteiger partial charge in [0, 0.05) is 32.0 Å². The van der Waals surface area contributed by atoms with Gasteiger partial charge in [0.25, 0.3) is 0 Å². The highest BCUT2D eigenvalue weighted by atomic mass is 16.2. The van der Waals surface area contributed by atoms with E-state index in [0.717, 1.165) is 38.0 Å². The number of anilines is 1. The molecule has 2 heterocycles. The molecule has 1 aliphatic heterocycles. The summed E-state index contributed by atoms with van der Waals surface area (Å²) in [6, 6.07) is 3.84. The number of pyridine rings is 1. The number of nitrogens with zero attached hydrogens (tertiary/aromatic N) is 2. The maximum Gasteiger partial charge on any atom is 0.231 e. The molecule has 1 saturated heterocycles. The molecule has 1 fully saturated rings. The number of carbonyl (C=O) groups is 2. The summed E-state index contributed by atoms with van der Waals surface area (Å²) in [6.45, 7) is 3.10. The van der Waals surface area contributed by atoms with Crippen LogP contribution in [0.5, 0.6) is 0 Å². The van der Waals surface area contributed by atoms with Crippen molar-refractivity contribution < 1.29 is 9.59 Å². The summed E-state index contributed by atoms with van der Waals surface area (Å²) in [5.41, 5.74) is 6.19. The predicted molar refractivity (Wildman–Crippen MR) is 88.7 cm³/mol. The summed E-state index contributed by atoms with van der Waals surface area (Å²) < 4.78 is 0. The van der Waals surface area contributed by atoms with E-state index in [-0.39, 0.29) is 24.3 Å². The third-order valence-electron chi connectivity index (χ3n) is 3.90. The first-order valence-corrected chi connectivity index (χ1v) is 8.07. The van der Waals surface area contributed by atoms with Gasteiger partial charge in [-0.1, -0.05) is 0 Å². The Kier molecular flexibility index (Phi) is 6.80. The molecule has 1 aromatic heterocycles. The van der Waals surface area contributed by atoms with Crippen molar-refractivity contribution in [2.45, 2.75) is 19.3 Å². The molecule has 7 nitrogen and oxygen atoms in total. The number of nitrogens with two attached hydrogens (primary N) is 1. The van der Waals surface area contributed by atoms with Crippen LogP contribution in [0.1, 0.15) is 19.3 Å². The van der Waals surface area contributed by atoms with Gasteiger partial charge in [-0.2, -0.15) is 0 Å². The van der Waals surface area contributed by atoms with Crippen LogP contribution in [0, 0.1) is 5.92 Å². The third-order valence-corrected chi connectivity index (χ3v) is 3.90. The van der Waals surface area contributed by atoms with Crippen molar-refractivity contribution in [3.63, 3.8) is 0 Å². The van der Waals surface area contributed by atoms with Gasteiger partial charge in [-0.25, -0.2) is 0 Å². The fraction of sp³-hybridized carbons (Fsp3) is 0.562. The van der Waals surface area contributed by atoms with Gasteiger partial charge in [0.1, 0.15) is 0 Å². The maximum absolute atomic E-state index is 12.2. The summed E-state index contributed by atoms with van der Waals surface area (Å²) in [4.78, 5) is 29.1. The van der Waals surface area contributed by atoms with Gasteiger partial charge < -0.3 is 16.4 Å². The summed E-state index contributed by atoms with van der Waals surface area (Å²) in [6.07, 6.45) is 6.15. The first-order chi connectivity index (χ1) is 11.1. The SMILES string of the molecule is NC(=O)CN1CCC[C@H](C(=O)NCCCNc2cccnc2)C1. The Bertz CT molecular complexity index is 508. The summed E-state index contributed by atoms with van der Waals surface area (Å²) in [5, 5.41) is 6.23. The van der Waals surface area contributed by atoms with Crippen molar-refractivity contribution >= 4 is 17.5 Å². The molecule has 0 aliphatic carbocycles. The van der Waals surface area contributed by atoms with Gasteiger partial charge >= 0.3 is 0 Å². The van der Waals surface area contributed by atoms with E-state index in [0.29, 0.717) is 13.1 Å². The molecule has 126 valence electrons. The maximum atomic E-state index is 12.2. The second-order valence-corrected chi connectivity index (χ2v) is 5.85. The Morgan fingerprint density at radius 2 is 2.26 bits per heavy atom. The molecule has 0 saturated carbocycles. The van der Waals surface area contributed by atoms with Crippen LogP contribution in [0.15, 0.2) is 24.5 Å². The number of piperidine rings is 1. The van der Waals surface area contributed by atoms with E-state index >= 15 is 0 Å². The van der Waals surface area contributed by atoms with Crippen LogP contribution in [0.4, 0.5) is 5.69 Å². The number of primary amides is 1. The zero-order valence-corrected chi connectivity index (χ0v) is 13.3. The standard InChI is InChI=1S/C16H25N5O2/c17-15(22)12-21-9-2-4-13(11-21)16(23)20-8-3-7-19-14-5-1-6-18-10-14/h1,5-6,10,13,19H,2-4,7-9,11-12H2,(H2,17,22)(H,20,23)/t13-/m0/s1. The molecule has 0 spiro atoms. The van der Waals surface area contributed by atoms with Crippen molar-refractivity contribution in [2.75, 3.05) is 38.0 Å². The normalized spacial score (nSPS) is 18.3. The summed E-state index contributed by atoms with van der Waals surface area (Å²) >= 11 is 0. The zero-order chi connectivity index (χ0) is 16.5. The number of carbonyl (C=O) groups excluding carboxylic acids is 2. The molecule has 7 heteroatoms. The smallest absolute Gasteiger partial charge is 0.231 e. The van der Waals surface area contributed by atoms with E-state index in [2.05, 4.69) is 15.6 Å². The minimum atomic E-state index is -0.340. The monoisotopic (exact) mass is 319 g/mol. The molecular formula is C16H25N5O2. The Hall–Kier alpha value is -2.15. The molecular weight excluding hydrogens is 294 g/mol. The number of hydrogen-bond acceptors (Lipinski definition) is 5. The first kappa shape index (κ1) is 17.2. The van der Waals surface area contributed by atoms with E-state index in [4.69, 9.17) is 5.73 Å². The second-order valence-electron chi connectivity index (χ2n) is 5.85. The number of hydrogen-bond donors (Lipinski definition) is 3. The van der Waals surface area contributed by atoms with Crippen molar-refractivity contribution in [1.82, 2.24) is 15.2 Å². The van der Waals surface area contributed by atoms with Gasteiger partial charge in [-0.15, -0.1) is 0 Å². The van der Waals surface area contributed by atoms with Crippen LogP contribution in [0.25, 0.3) is 0 Å². The molecule has 0 aromatic carbocycles. The molecule has 1 aromatic rings. The fourth-order valence-electron chi connectivity index (χ4n) is 2.78. The molecule has 2 rings (SSSR count). The predicted octanol–water partition coefficient (Wildman–Crippen LogP) is 0.197. The molecule has 23 heavy (non-hydrogen) atoms. The average Bonchev–Trinajstić information content (AvgIpc) is 2.55. The summed E-state index contributed by atoms with van der Waals surface area (Å²) in [7, 11) is 0. The minimum absolute atomic E-state index is 0.0469. The van der Waals surface area contributed by atoms with Crippen LogP contribution in [0.3, 0.4) is 0 Å². The van der Waals surface area contributed by atoms with Gasteiger partial charge in [0.05, 0.1) is 18.2 Å². The third kappa shape index (κ3) is 6.23. The molecule has 2 amide bonds. The Morgan fingerprint density at radius 3 is 3.00 bits per heavy atom. The van der Waals surface area contributed by atoms with Gasteiger partial charge in [0.15, 0.2) is 0 Å². The summed E-state index contributed by atoms with van der Waals surface area (Å²) in [5.74, 6) is -0.317. The highest BCUT2D eigenvalue weighted by Crippen LogP contribution is 2.16. The Labute approximate surface area is 136 Å². The number of rotatable bonds is 8. The lowest BCUT2D eigenvalue weighted by molar-refractivity contribution is -0.128. The van der Waals surface area contributed by atoms with E-state index in [9.17, 15) is 9.59 Å². The molecule has 1 aliphatic rings. The highest BCUT2D eigenvalue weighted by Gasteiger charge is 2.25. The van der Waals surface area contributed by atoms with E-state index in [1.54, 1.807) is 12.4 Å². The Morgan fingerprint density at radius 1 is 1.39 bits per heavy atom. The van der Waals surface area contributed by atoms with Gasteiger partial charge in [-0.05, 0) is 37.9 Å². The van der Waals surface area contributed by atoms with Crippen LogP contribution in [0.2, 0.25) is 0 Å². The van der Waals surface area contributed by atoms with Crippen LogP contribution in [-0.4, -0.2) is 54.4 Å². The van der Waals surface area contributed by atoms with Crippen molar-refractivity contribution in [2.24, 2.45) is 11.7 Å². The van der Waals surface area contributed by atoms with Crippen molar-refractivity contribution in [3.8, 4) is 0 Å². The lowest BCUT2D eigenvalue weighted by Gasteiger charge is -2.30. The van der Waals surface area contributed by atoms with E-state index < -0.39 is 0 Å². The number of aromatic nitrogens is 1. The molecule has 0 unspecified atom stereocenters. The van der Waals surface area contributed by atoms with Crippen molar-refractivity contribution in [3.05, 3.63) is 24.5 Å². The zero-order valence-electron chi connectivity index (χ0n) is 13.3. The molecule has 4 N–H and O–H groups in total. The number of amides is 2. The van der Waals surface area contributed by atoms with Crippen LogP contribution < -0.4 is 16.4 Å². The van der Waals surface area contributed by atoms with Crippen LogP contribution in [-0.2, 0) is 9.59 Å². The highest BCUT2D eigenvalue weighted by molar-refractivity contribution is 5.79. The van der Waals surface area contributed by atoms with Crippen molar-refractivity contribution in [1.29, 1.82) is 0 Å². The Balaban J connectivity index is 1.61. The largest absolute Gasteiger partial charge is 0.384 e. The first-order valence-electron chi connectivity index (χ1n) is 8.07. The van der Waals surface area contributed by atoms with E-state index in [1.807, 2.05) is 17.0 Å². The van der Waals surface area contributed by atoms with Gasteiger partial charge in [-0.3, -0.25) is 19.5 Å². The number of nitrogens with one attached hydrogen (secondary N) is 2. The second kappa shape index (κ2) is 9.09. The minimum Gasteiger partial charge on any atom is -0.384 e. The molecule has 0 bridgehead atoms. The van der Waals surface area contributed by atoms with Gasteiger partial charge in [0.2, 0.25) is 11.8 Å². The molecule has 1 atom stereocenters. The number of likely N-dealkylation sites (tertiary alicyclic amines) is 1. The topological polar surface area (TPSA) is 100 Å². The van der Waals surface area contributed by atoms with E-state index in [1.165, 1.54) is 0 Å². The lowest BCUT2D eigenvalue weighted by atomic mass is 9.97. The van der Waals surface area contributed by atoms with Crippen LogP contribution >= 0.6 is 0 Å².